The molecule has 0 bridgehead atoms. The van der Waals surface area contributed by atoms with Gasteiger partial charge in [0.15, 0.2) is 6.04 Å². The van der Waals surface area contributed by atoms with Gasteiger partial charge in [0.05, 0.1) is 0 Å². The lowest BCUT2D eigenvalue weighted by Gasteiger charge is -2.25. The van der Waals surface area contributed by atoms with Gasteiger partial charge in [-0.15, -0.1) is 0 Å². The van der Waals surface area contributed by atoms with Gasteiger partial charge in [-0.3, -0.25) is 9.59 Å². The quantitative estimate of drug-likeness (QED) is 0.809. The fraction of sp³-hybridized carbons (Fsp3) is 0.471. The summed E-state index contributed by atoms with van der Waals surface area (Å²) in [7, 11) is 0. The summed E-state index contributed by atoms with van der Waals surface area (Å²) in [6.45, 7) is 8.15. The zero-order chi connectivity index (χ0) is 17.6. The summed E-state index contributed by atoms with van der Waals surface area (Å²) in [5.74, 6) is -1.33. The highest BCUT2D eigenvalue weighted by atomic mass is 16.6. The van der Waals surface area contributed by atoms with Crippen molar-refractivity contribution in [2.45, 2.75) is 52.3 Å². The molecule has 6 nitrogen and oxygen atoms in total. The highest BCUT2D eigenvalue weighted by molar-refractivity contribution is 5.90. The molecule has 1 aromatic carbocycles. The number of benzene rings is 1. The molecule has 0 radical (unpaired) electrons. The van der Waals surface area contributed by atoms with E-state index in [-0.39, 0.29) is 5.91 Å². The third-order valence-corrected chi connectivity index (χ3v) is 2.88. The molecule has 0 aromatic heterocycles. The van der Waals surface area contributed by atoms with Gasteiger partial charge in [0.2, 0.25) is 11.8 Å². The number of hydrogen-bond acceptors (Lipinski definition) is 4. The predicted molar refractivity (Wildman–Crippen MR) is 86.4 cm³/mol. The van der Waals surface area contributed by atoms with Crippen LogP contribution in [0.2, 0.25) is 0 Å². The Balaban J connectivity index is 2.94. The second-order valence-electron chi connectivity index (χ2n) is 6.31. The van der Waals surface area contributed by atoms with Crippen LogP contribution in [0.4, 0.5) is 0 Å². The second kappa shape index (κ2) is 7.76. The first-order valence-corrected chi connectivity index (χ1v) is 7.45. The van der Waals surface area contributed by atoms with Crippen LogP contribution in [0.25, 0.3) is 0 Å². The van der Waals surface area contributed by atoms with Crippen molar-refractivity contribution in [1.29, 1.82) is 0 Å². The van der Waals surface area contributed by atoms with Gasteiger partial charge in [0.1, 0.15) is 11.6 Å². The van der Waals surface area contributed by atoms with Crippen molar-refractivity contribution in [3.63, 3.8) is 0 Å². The van der Waals surface area contributed by atoms with E-state index in [2.05, 4.69) is 10.6 Å². The molecule has 0 saturated heterocycles. The molecule has 2 amide bonds. The molecule has 1 unspecified atom stereocenters. The van der Waals surface area contributed by atoms with E-state index in [0.29, 0.717) is 5.56 Å². The van der Waals surface area contributed by atoms with Crippen LogP contribution < -0.4 is 10.6 Å². The topological polar surface area (TPSA) is 84.5 Å². The average Bonchev–Trinajstić information content (AvgIpc) is 2.42. The molecule has 0 saturated carbocycles. The highest BCUT2D eigenvalue weighted by Gasteiger charge is 2.29. The maximum Gasteiger partial charge on any atom is 0.333 e. The Morgan fingerprint density at radius 3 is 2.09 bits per heavy atom. The fourth-order valence-electron chi connectivity index (χ4n) is 1.92. The third-order valence-electron chi connectivity index (χ3n) is 2.88. The van der Waals surface area contributed by atoms with E-state index in [1.807, 2.05) is 6.07 Å². The summed E-state index contributed by atoms with van der Waals surface area (Å²) in [6, 6.07) is 7.15. The molecule has 0 spiro atoms. The van der Waals surface area contributed by atoms with Crippen LogP contribution in [0, 0.1) is 0 Å². The van der Waals surface area contributed by atoms with Crippen molar-refractivity contribution < 1.29 is 19.1 Å². The van der Waals surface area contributed by atoms with E-state index in [9.17, 15) is 14.4 Å². The van der Waals surface area contributed by atoms with Crippen LogP contribution in [-0.2, 0) is 19.1 Å². The Morgan fingerprint density at radius 1 is 1.04 bits per heavy atom. The summed E-state index contributed by atoms with van der Waals surface area (Å²) in [5.41, 5.74) is -0.0527. The molecule has 1 aromatic rings. The zero-order valence-electron chi connectivity index (χ0n) is 14.2. The number of ether oxygens (including phenoxy) is 1. The first kappa shape index (κ1) is 18.7. The van der Waals surface area contributed by atoms with Gasteiger partial charge in [-0.25, -0.2) is 4.79 Å². The molecule has 23 heavy (non-hydrogen) atoms. The van der Waals surface area contributed by atoms with Gasteiger partial charge in [-0.1, -0.05) is 30.3 Å². The number of amides is 2. The summed E-state index contributed by atoms with van der Waals surface area (Å²) in [4.78, 5) is 35.7. The SMILES string of the molecule is CC(=O)N[C@@H](C)C(=O)NC(C(=O)OC(C)(C)C)c1ccccc1. The first-order valence-electron chi connectivity index (χ1n) is 7.45. The maximum absolute atomic E-state index is 12.4. The molecule has 6 heteroatoms. The van der Waals surface area contributed by atoms with Crippen LogP contribution in [0.5, 0.6) is 0 Å². The van der Waals surface area contributed by atoms with Gasteiger partial charge in [-0.2, -0.15) is 0 Å². The Labute approximate surface area is 136 Å². The lowest BCUT2D eigenvalue weighted by molar-refractivity contribution is -0.159. The highest BCUT2D eigenvalue weighted by Crippen LogP contribution is 2.18. The van der Waals surface area contributed by atoms with Crippen LogP contribution in [0.1, 0.15) is 46.2 Å². The molecule has 0 fully saturated rings. The molecule has 126 valence electrons. The Morgan fingerprint density at radius 2 is 1.61 bits per heavy atom. The number of carbonyl (C=O) groups is 3. The second-order valence-corrected chi connectivity index (χ2v) is 6.31. The number of esters is 1. The summed E-state index contributed by atoms with van der Waals surface area (Å²) in [5, 5.41) is 5.12. The predicted octanol–water partition coefficient (Wildman–Crippen LogP) is 1.71. The van der Waals surface area contributed by atoms with E-state index < -0.39 is 29.6 Å². The van der Waals surface area contributed by atoms with Crippen molar-refractivity contribution in [2.24, 2.45) is 0 Å². The van der Waals surface area contributed by atoms with E-state index in [1.165, 1.54) is 6.92 Å². The minimum absolute atomic E-state index is 0.318. The van der Waals surface area contributed by atoms with Crippen molar-refractivity contribution in [1.82, 2.24) is 10.6 Å². The minimum Gasteiger partial charge on any atom is -0.458 e. The Kier molecular flexibility index (Phi) is 6.30. The van der Waals surface area contributed by atoms with Gasteiger partial charge >= 0.3 is 5.97 Å². The average molecular weight is 320 g/mol. The summed E-state index contributed by atoms with van der Waals surface area (Å²) in [6.07, 6.45) is 0. The normalized spacial score (nSPS) is 13.6. The first-order chi connectivity index (χ1) is 10.6. The smallest absolute Gasteiger partial charge is 0.333 e. The largest absolute Gasteiger partial charge is 0.458 e. The van der Waals surface area contributed by atoms with Crippen molar-refractivity contribution in [2.75, 3.05) is 0 Å². The lowest BCUT2D eigenvalue weighted by atomic mass is 10.1. The number of carbonyl (C=O) groups excluding carboxylic acids is 3. The summed E-state index contributed by atoms with van der Waals surface area (Å²) >= 11 is 0. The van der Waals surface area contributed by atoms with Gasteiger partial charge in [0.25, 0.3) is 0 Å². The molecule has 0 aliphatic carbocycles. The minimum atomic E-state index is -0.931. The molecule has 0 aliphatic rings. The van der Waals surface area contributed by atoms with E-state index >= 15 is 0 Å². The Bertz CT molecular complexity index is 564. The molecule has 1 rings (SSSR count). The molecule has 0 heterocycles. The molecule has 2 N–H and O–H groups in total. The van der Waals surface area contributed by atoms with Crippen LogP contribution >= 0.6 is 0 Å². The van der Waals surface area contributed by atoms with Gasteiger partial charge < -0.3 is 15.4 Å². The van der Waals surface area contributed by atoms with Gasteiger partial charge in [-0.05, 0) is 33.3 Å². The summed E-state index contributed by atoms with van der Waals surface area (Å²) < 4.78 is 5.37. The van der Waals surface area contributed by atoms with Crippen LogP contribution in [-0.4, -0.2) is 29.4 Å². The fourth-order valence-corrected chi connectivity index (χ4v) is 1.92. The zero-order valence-corrected chi connectivity index (χ0v) is 14.2. The molecular weight excluding hydrogens is 296 g/mol. The monoisotopic (exact) mass is 320 g/mol. The number of nitrogens with one attached hydrogen (secondary N) is 2. The standard InChI is InChI=1S/C17H24N2O4/c1-11(18-12(2)20)15(21)19-14(13-9-7-6-8-10-13)16(22)23-17(3,4)5/h6-11,14H,1-5H3,(H,18,20)(H,19,21)/t11-,14?/m0/s1. The Hall–Kier alpha value is -2.37. The number of rotatable bonds is 5. The van der Waals surface area contributed by atoms with E-state index in [0.717, 1.165) is 0 Å². The van der Waals surface area contributed by atoms with Crippen LogP contribution in [0.15, 0.2) is 30.3 Å². The van der Waals surface area contributed by atoms with Crippen LogP contribution in [0.3, 0.4) is 0 Å². The third kappa shape index (κ3) is 6.50. The maximum atomic E-state index is 12.4. The molecular formula is C17H24N2O4. The lowest BCUT2D eigenvalue weighted by Crippen LogP contribution is -2.47. The molecule has 2 atom stereocenters. The van der Waals surface area contributed by atoms with E-state index in [4.69, 9.17) is 4.74 Å². The molecule has 0 aliphatic heterocycles. The van der Waals surface area contributed by atoms with E-state index in [1.54, 1.807) is 52.0 Å². The van der Waals surface area contributed by atoms with Crippen molar-refractivity contribution in [3.05, 3.63) is 35.9 Å². The van der Waals surface area contributed by atoms with Crippen molar-refractivity contribution >= 4 is 17.8 Å². The van der Waals surface area contributed by atoms with Crippen molar-refractivity contribution in [3.8, 4) is 0 Å². The number of hydrogen-bond donors (Lipinski definition) is 2. The van der Waals surface area contributed by atoms with Gasteiger partial charge in [0, 0.05) is 6.92 Å².